The van der Waals surface area contributed by atoms with E-state index in [4.69, 9.17) is 11.6 Å². The van der Waals surface area contributed by atoms with E-state index in [1.54, 1.807) is 30.0 Å². The number of aromatic nitrogens is 2. The van der Waals surface area contributed by atoms with Gasteiger partial charge >= 0.3 is 0 Å². The van der Waals surface area contributed by atoms with Crippen molar-refractivity contribution >= 4 is 23.2 Å². The summed E-state index contributed by atoms with van der Waals surface area (Å²) in [5.74, 6) is -0.140. The summed E-state index contributed by atoms with van der Waals surface area (Å²) in [6.45, 7) is 4.00. The van der Waals surface area contributed by atoms with E-state index >= 15 is 0 Å². The Bertz CT molecular complexity index is 951. The lowest BCUT2D eigenvalue weighted by Crippen LogP contribution is -2.51. The lowest BCUT2D eigenvalue weighted by Gasteiger charge is -2.37. The van der Waals surface area contributed by atoms with Crippen LogP contribution >= 0.6 is 11.6 Å². The van der Waals surface area contributed by atoms with Gasteiger partial charge in [0, 0.05) is 43.9 Å². The van der Waals surface area contributed by atoms with Crippen LogP contribution in [0.15, 0.2) is 35.1 Å². The molecule has 2 heterocycles. The first-order valence-electron chi connectivity index (χ1n) is 9.52. The van der Waals surface area contributed by atoms with Crippen molar-refractivity contribution in [3.05, 3.63) is 57.2 Å². The number of piperazine rings is 1. The van der Waals surface area contributed by atoms with E-state index in [9.17, 15) is 14.0 Å². The molecule has 2 fully saturated rings. The van der Waals surface area contributed by atoms with E-state index in [0.29, 0.717) is 32.1 Å². The highest BCUT2D eigenvalue weighted by atomic mass is 35.5. The van der Waals surface area contributed by atoms with Crippen LogP contribution in [0.4, 0.5) is 10.1 Å². The average molecular weight is 405 g/mol. The highest BCUT2D eigenvalue weighted by Gasteiger charge is 2.29. The van der Waals surface area contributed by atoms with Crippen molar-refractivity contribution < 1.29 is 9.18 Å². The lowest BCUT2D eigenvalue weighted by molar-refractivity contribution is -0.135. The van der Waals surface area contributed by atoms with Crippen molar-refractivity contribution in [2.24, 2.45) is 0 Å². The van der Waals surface area contributed by atoms with Gasteiger partial charge < -0.3 is 9.80 Å². The molecule has 1 atom stereocenters. The molecule has 1 unspecified atom stereocenters. The number of carbonyl (C=O) groups is 1. The maximum atomic E-state index is 13.4. The van der Waals surface area contributed by atoms with Gasteiger partial charge in [-0.05, 0) is 44.0 Å². The van der Waals surface area contributed by atoms with Crippen LogP contribution in [-0.4, -0.2) is 46.8 Å². The number of rotatable bonds is 4. The summed E-state index contributed by atoms with van der Waals surface area (Å²) in [5, 5.41) is 4.52. The topological polar surface area (TPSA) is 58.4 Å². The molecule has 1 aromatic carbocycles. The molecule has 28 heavy (non-hydrogen) atoms. The highest BCUT2D eigenvalue weighted by molar-refractivity contribution is 6.31. The summed E-state index contributed by atoms with van der Waals surface area (Å²) in [6, 6.07) is 7.26. The number of halogens is 2. The quantitative estimate of drug-likeness (QED) is 0.786. The Morgan fingerprint density at radius 3 is 2.54 bits per heavy atom. The first-order valence-corrected chi connectivity index (χ1v) is 9.90. The molecule has 0 radical (unpaired) electrons. The standard InChI is InChI=1S/C20H22ClFN4O2/c1-13(26-19(27)7-6-18(23-26)14-2-3-14)20(28)25-10-8-24(9-11-25)15-4-5-17(22)16(21)12-15/h4-7,12-14H,2-3,8-11H2,1H3. The van der Waals surface area contributed by atoms with Crippen molar-refractivity contribution in [1.29, 1.82) is 0 Å². The van der Waals surface area contributed by atoms with E-state index < -0.39 is 11.9 Å². The van der Waals surface area contributed by atoms with Crippen LogP contribution in [0.2, 0.25) is 5.02 Å². The lowest BCUT2D eigenvalue weighted by atomic mass is 10.2. The van der Waals surface area contributed by atoms with Crippen molar-refractivity contribution in [1.82, 2.24) is 14.7 Å². The van der Waals surface area contributed by atoms with E-state index in [1.807, 2.05) is 0 Å². The van der Waals surface area contributed by atoms with Crippen LogP contribution in [0, 0.1) is 5.82 Å². The van der Waals surface area contributed by atoms with Gasteiger partial charge in [0.2, 0.25) is 5.91 Å². The third kappa shape index (κ3) is 3.76. The van der Waals surface area contributed by atoms with Crippen LogP contribution in [0.1, 0.15) is 37.4 Å². The number of anilines is 1. The van der Waals surface area contributed by atoms with Gasteiger partial charge in [-0.15, -0.1) is 0 Å². The molecule has 148 valence electrons. The second-order valence-corrected chi connectivity index (χ2v) is 7.81. The normalized spacial score (nSPS) is 18.2. The average Bonchev–Trinajstić information content (AvgIpc) is 3.55. The maximum Gasteiger partial charge on any atom is 0.267 e. The predicted molar refractivity (Wildman–Crippen MR) is 105 cm³/mol. The summed E-state index contributed by atoms with van der Waals surface area (Å²) in [5.41, 5.74) is 1.46. The number of amides is 1. The minimum absolute atomic E-state index is 0.0885. The van der Waals surface area contributed by atoms with Crippen LogP contribution in [-0.2, 0) is 4.79 Å². The third-order valence-electron chi connectivity index (χ3n) is 5.43. The fourth-order valence-corrected chi connectivity index (χ4v) is 3.72. The zero-order chi connectivity index (χ0) is 19.8. The summed E-state index contributed by atoms with van der Waals surface area (Å²) >= 11 is 5.87. The number of hydrogen-bond acceptors (Lipinski definition) is 4. The van der Waals surface area contributed by atoms with Gasteiger partial charge in [0.05, 0.1) is 10.7 Å². The SMILES string of the molecule is CC(C(=O)N1CCN(c2ccc(F)c(Cl)c2)CC1)n1nc(C2CC2)ccc1=O. The van der Waals surface area contributed by atoms with Gasteiger partial charge in [0.15, 0.2) is 0 Å². The Labute approximate surface area is 167 Å². The second kappa shape index (κ2) is 7.54. The number of carbonyl (C=O) groups excluding carboxylic acids is 1. The van der Waals surface area contributed by atoms with Crippen molar-refractivity contribution in [2.45, 2.75) is 31.7 Å². The molecule has 2 aliphatic rings. The van der Waals surface area contributed by atoms with E-state index in [1.165, 1.54) is 16.8 Å². The molecule has 0 N–H and O–H groups in total. The van der Waals surface area contributed by atoms with E-state index in [0.717, 1.165) is 24.2 Å². The molecular weight excluding hydrogens is 383 g/mol. The molecule has 0 bridgehead atoms. The maximum absolute atomic E-state index is 13.4. The molecule has 8 heteroatoms. The molecule has 1 amide bonds. The van der Waals surface area contributed by atoms with Gasteiger partial charge in [0.25, 0.3) is 5.56 Å². The Balaban J connectivity index is 1.43. The third-order valence-corrected chi connectivity index (χ3v) is 5.71. The van der Waals surface area contributed by atoms with Gasteiger partial charge in [-0.2, -0.15) is 5.10 Å². The van der Waals surface area contributed by atoms with E-state index in [2.05, 4.69) is 10.00 Å². The van der Waals surface area contributed by atoms with Gasteiger partial charge in [-0.3, -0.25) is 9.59 Å². The Hall–Kier alpha value is -2.41. The molecule has 1 aliphatic carbocycles. The number of nitrogens with zero attached hydrogens (tertiary/aromatic N) is 4. The molecule has 1 aliphatic heterocycles. The summed E-state index contributed by atoms with van der Waals surface area (Å²) in [4.78, 5) is 29.0. The number of hydrogen-bond donors (Lipinski definition) is 0. The summed E-state index contributed by atoms with van der Waals surface area (Å²) < 4.78 is 14.7. The first kappa shape index (κ1) is 18.9. The van der Waals surface area contributed by atoms with Gasteiger partial charge in [-0.1, -0.05) is 11.6 Å². The molecule has 2 aromatic rings. The summed E-state index contributed by atoms with van der Waals surface area (Å²) in [7, 11) is 0. The smallest absolute Gasteiger partial charge is 0.267 e. The molecule has 4 rings (SSSR count). The van der Waals surface area contributed by atoms with E-state index in [-0.39, 0.29) is 16.5 Å². The van der Waals surface area contributed by atoms with Crippen LogP contribution in [0.25, 0.3) is 0 Å². The second-order valence-electron chi connectivity index (χ2n) is 7.40. The zero-order valence-corrected chi connectivity index (χ0v) is 16.4. The molecule has 1 saturated heterocycles. The van der Waals surface area contributed by atoms with Gasteiger partial charge in [-0.25, -0.2) is 9.07 Å². The Morgan fingerprint density at radius 2 is 1.89 bits per heavy atom. The Kier molecular flexibility index (Phi) is 5.10. The zero-order valence-electron chi connectivity index (χ0n) is 15.6. The monoisotopic (exact) mass is 404 g/mol. The summed E-state index contributed by atoms with van der Waals surface area (Å²) in [6.07, 6.45) is 2.17. The van der Waals surface area contributed by atoms with Crippen molar-refractivity contribution in [2.75, 3.05) is 31.1 Å². The molecule has 0 spiro atoms. The number of benzene rings is 1. The van der Waals surface area contributed by atoms with Crippen molar-refractivity contribution in [3.8, 4) is 0 Å². The van der Waals surface area contributed by atoms with Crippen molar-refractivity contribution in [3.63, 3.8) is 0 Å². The van der Waals surface area contributed by atoms with Crippen LogP contribution in [0.5, 0.6) is 0 Å². The largest absolute Gasteiger partial charge is 0.368 e. The highest BCUT2D eigenvalue weighted by Crippen LogP contribution is 2.38. The minimum atomic E-state index is -0.641. The first-order chi connectivity index (χ1) is 13.4. The predicted octanol–water partition coefficient (Wildman–Crippen LogP) is 2.82. The Morgan fingerprint density at radius 1 is 1.18 bits per heavy atom. The van der Waals surface area contributed by atoms with Crippen LogP contribution < -0.4 is 10.5 Å². The fourth-order valence-electron chi connectivity index (χ4n) is 3.55. The minimum Gasteiger partial charge on any atom is -0.368 e. The molecule has 1 saturated carbocycles. The molecule has 6 nitrogen and oxygen atoms in total. The molecular formula is C20H22ClFN4O2. The van der Waals surface area contributed by atoms with Crippen LogP contribution in [0.3, 0.4) is 0 Å². The van der Waals surface area contributed by atoms with Gasteiger partial charge in [0.1, 0.15) is 11.9 Å². The fraction of sp³-hybridized carbons (Fsp3) is 0.450. The molecule has 1 aromatic heterocycles.